The summed E-state index contributed by atoms with van der Waals surface area (Å²) in [6, 6.07) is 25.2. The van der Waals surface area contributed by atoms with E-state index in [1.54, 1.807) is 0 Å². The molecule has 0 aromatic heterocycles. The van der Waals surface area contributed by atoms with Gasteiger partial charge in [0.1, 0.15) is 23.9 Å². The monoisotopic (exact) mass is 701 g/mol. The van der Waals surface area contributed by atoms with Crippen LogP contribution >= 0.6 is 0 Å². The van der Waals surface area contributed by atoms with Gasteiger partial charge in [0.15, 0.2) is 6.29 Å². The summed E-state index contributed by atoms with van der Waals surface area (Å²) in [4.78, 5) is 0. The summed E-state index contributed by atoms with van der Waals surface area (Å²) in [7, 11) is 0. The van der Waals surface area contributed by atoms with Crippen LogP contribution in [0.15, 0.2) is 72.8 Å². The third-order valence-corrected chi connectivity index (χ3v) is 11.1. The SMILES string of the molecule is CCCC(CC)c1ccc(OCCOC(C)Oc2ccc(C(CC(C)(CC)CC(C)(C)C(CC(C)(C)C)c3ccc(O)cc3)C(C)C)cc2)cc1. The number of rotatable bonds is 21. The summed E-state index contributed by atoms with van der Waals surface area (Å²) in [5.74, 6) is 3.99. The van der Waals surface area contributed by atoms with Gasteiger partial charge >= 0.3 is 0 Å². The minimum absolute atomic E-state index is 0.0760. The predicted molar refractivity (Wildman–Crippen MR) is 216 cm³/mol. The summed E-state index contributed by atoms with van der Waals surface area (Å²) in [6.07, 6.45) is 7.71. The molecule has 0 spiro atoms. The second-order valence-electron chi connectivity index (χ2n) is 17.7. The van der Waals surface area contributed by atoms with Crippen LogP contribution in [0.2, 0.25) is 0 Å². The fourth-order valence-corrected chi connectivity index (χ4v) is 8.18. The van der Waals surface area contributed by atoms with Crippen molar-refractivity contribution in [1.29, 1.82) is 0 Å². The zero-order valence-corrected chi connectivity index (χ0v) is 34.4. The first kappa shape index (κ1) is 42.4. The van der Waals surface area contributed by atoms with Crippen LogP contribution in [0.1, 0.15) is 162 Å². The second kappa shape index (κ2) is 19.2. The minimum atomic E-state index is -0.373. The first-order valence-corrected chi connectivity index (χ1v) is 19.9. The van der Waals surface area contributed by atoms with Crippen LogP contribution in [0, 0.1) is 22.2 Å². The van der Waals surface area contributed by atoms with Crippen LogP contribution in [-0.2, 0) is 4.74 Å². The van der Waals surface area contributed by atoms with E-state index in [1.807, 2.05) is 19.1 Å². The van der Waals surface area contributed by atoms with Crippen LogP contribution in [0.5, 0.6) is 17.2 Å². The van der Waals surface area contributed by atoms with Gasteiger partial charge in [0.2, 0.25) is 0 Å². The second-order valence-corrected chi connectivity index (χ2v) is 17.7. The highest BCUT2D eigenvalue weighted by atomic mass is 16.7. The quantitative estimate of drug-likeness (QED) is 0.0887. The van der Waals surface area contributed by atoms with Crippen LogP contribution in [0.4, 0.5) is 0 Å². The van der Waals surface area contributed by atoms with E-state index in [1.165, 1.54) is 36.0 Å². The summed E-state index contributed by atoms with van der Waals surface area (Å²) >= 11 is 0. The lowest BCUT2D eigenvalue weighted by atomic mass is 9.59. The lowest BCUT2D eigenvalue weighted by Gasteiger charge is -2.45. The Kier molecular flexibility index (Phi) is 16.0. The molecule has 0 fully saturated rings. The Hall–Kier alpha value is -2.98. The first-order chi connectivity index (χ1) is 24.0. The molecule has 0 aliphatic carbocycles. The maximum absolute atomic E-state index is 10.0. The van der Waals surface area contributed by atoms with Gasteiger partial charge in [0.25, 0.3) is 0 Å². The molecular weight excluding hydrogens is 629 g/mol. The molecule has 0 saturated carbocycles. The number of hydrogen-bond acceptors (Lipinski definition) is 4. The number of phenols is 1. The molecule has 5 unspecified atom stereocenters. The van der Waals surface area contributed by atoms with Crippen LogP contribution in [-0.4, -0.2) is 24.6 Å². The van der Waals surface area contributed by atoms with Crippen LogP contribution < -0.4 is 9.47 Å². The van der Waals surface area contributed by atoms with Crippen molar-refractivity contribution in [2.75, 3.05) is 13.2 Å². The van der Waals surface area contributed by atoms with Gasteiger partial charge in [-0.05, 0) is 132 Å². The first-order valence-electron chi connectivity index (χ1n) is 19.9. The van der Waals surface area contributed by atoms with Crippen molar-refractivity contribution in [3.63, 3.8) is 0 Å². The molecule has 0 bridgehead atoms. The molecular formula is C47H72O4. The Balaban J connectivity index is 1.60. The fourth-order valence-electron chi connectivity index (χ4n) is 8.18. The number of aromatic hydroxyl groups is 1. The molecule has 1 N–H and O–H groups in total. The third-order valence-electron chi connectivity index (χ3n) is 11.1. The highest BCUT2D eigenvalue weighted by Crippen LogP contribution is 2.53. The number of phenolic OH excluding ortho intramolecular Hbond substituents is 1. The molecule has 4 heteroatoms. The van der Waals surface area contributed by atoms with E-state index in [0.29, 0.717) is 42.6 Å². The van der Waals surface area contributed by atoms with E-state index >= 15 is 0 Å². The molecule has 5 atom stereocenters. The molecule has 3 rings (SSSR count). The van der Waals surface area contributed by atoms with E-state index in [2.05, 4.69) is 137 Å². The van der Waals surface area contributed by atoms with Crippen molar-refractivity contribution < 1.29 is 19.3 Å². The van der Waals surface area contributed by atoms with Gasteiger partial charge < -0.3 is 19.3 Å². The normalized spacial score (nSPS) is 15.9. The van der Waals surface area contributed by atoms with Gasteiger partial charge in [0, 0.05) is 0 Å². The van der Waals surface area contributed by atoms with E-state index in [-0.39, 0.29) is 22.5 Å². The molecule has 3 aromatic rings. The van der Waals surface area contributed by atoms with Gasteiger partial charge in [-0.25, -0.2) is 0 Å². The minimum Gasteiger partial charge on any atom is -0.508 e. The van der Waals surface area contributed by atoms with Gasteiger partial charge in [-0.2, -0.15) is 0 Å². The Morgan fingerprint density at radius 2 is 1.24 bits per heavy atom. The fraction of sp³-hybridized carbons (Fsp3) is 0.617. The summed E-state index contributed by atoms with van der Waals surface area (Å²) in [6.45, 7) is 28.9. The summed E-state index contributed by atoms with van der Waals surface area (Å²) in [5, 5.41) is 10.0. The number of benzene rings is 3. The average molecular weight is 701 g/mol. The standard InChI is InChI=1S/C47H72O4/c1-13-16-36(14-2)37-19-25-41(26-20-37)50-30-29-49-35(6)51-42-27-21-38(22-28-42)43(34(4)5)31-47(12,15-3)33-46(10,11)44(32-45(7,8)9)39-17-23-40(48)24-18-39/h17-28,34-36,43-44,48H,13-16,29-33H2,1-12H3. The van der Waals surface area contributed by atoms with Crippen molar-refractivity contribution in [2.45, 2.75) is 152 Å². The Morgan fingerprint density at radius 1 is 0.667 bits per heavy atom. The third kappa shape index (κ3) is 13.5. The zero-order valence-electron chi connectivity index (χ0n) is 34.4. The average Bonchev–Trinajstić information content (AvgIpc) is 3.07. The van der Waals surface area contributed by atoms with E-state index in [0.717, 1.165) is 37.2 Å². The molecule has 0 amide bonds. The smallest absolute Gasteiger partial charge is 0.197 e. The van der Waals surface area contributed by atoms with Gasteiger partial charge in [-0.1, -0.05) is 125 Å². The maximum atomic E-state index is 10.0. The molecule has 51 heavy (non-hydrogen) atoms. The molecule has 0 aliphatic heterocycles. The van der Waals surface area contributed by atoms with E-state index in [4.69, 9.17) is 14.2 Å². The van der Waals surface area contributed by atoms with E-state index in [9.17, 15) is 5.11 Å². The van der Waals surface area contributed by atoms with Crippen molar-refractivity contribution in [3.8, 4) is 17.2 Å². The number of ether oxygens (including phenoxy) is 3. The lowest BCUT2D eigenvalue weighted by Crippen LogP contribution is -2.34. The molecule has 0 heterocycles. The summed E-state index contributed by atoms with van der Waals surface area (Å²) in [5.41, 5.74) is 4.53. The van der Waals surface area contributed by atoms with Crippen molar-refractivity contribution in [3.05, 3.63) is 89.5 Å². The Labute approximate surface area is 312 Å². The molecule has 0 radical (unpaired) electrons. The van der Waals surface area contributed by atoms with Gasteiger partial charge in [-0.3, -0.25) is 0 Å². The Bertz CT molecular complexity index is 1400. The molecule has 4 nitrogen and oxygen atoms in total. The van der Waals surface area contributed by atoms with Crippen LogP contribution in [0.3, 0.4) is 0 Å². The Morgan fingerprint density at radius 3 is 1.76 bits per heavy atom. The van der Waals surface area contributed by atoms with Crippen LogP contribution in [0.25, 0.3) is 0 Å². The van der Waals surface area contributed by atoms with Crippen molar-refractivity contribution >= 4 is 0 Å². The highest BCUT2D eigenvalue weighted by molar-refractivity contribution is 5.32. The molecule has 3 aromatic carbocycles. The van der Waals surface area contributed by atoms with Gasteiger partial charge in [-0.15, -0.1) is 0 Å². The molecule has 0 aliphatic rings. The zero-order chi connectivity index (χ0) is 37.8. The largest absolute Gasteiger partial charge is 0.508 e. The molecule has 0 saturated heterocycles. The summed E-state index contributed by atoms with van der Waals surface area (Å²) < 4.78 is 18.0. The lowest BCUT2D eigenvalue weighted by molar-refractivity contribution is -0.0739. The van der Waals surface area contributed by atoms with Gasteiger partial charge in [0.05, 0.1) is 6.61 Å². The number of hydrogen-bond donors (Lipinski definition) is 1. The molecule has 284 valence electrons. The van der Waals surface area contributed by atoms with Crippen molar-refractivity contribution in [1.82, 2.24) is 0 Å². The van der Waals surface area contributed by atoms with E-state index < -0.39 is 0 Å². The van der Waals surface area contributed by atoms with Crippen molar-refractivity contribution in [2.24, 2.45) is 22.2 Å². The maximum Gasteiger partial charge on any atom is 0.197 e. The highest BCUT2D eigenvalue weighted by Gasteiger charge is 2.40. The predicted octanol–water partition coefficient (Wildman–Crippen LogP) is 13.7. The topological polar surface area (TPSA) is 47.9 Å².